The number of rotatable bonds is 8. The Labute approximate surface area is 131 Å². The second-order valence-corrected chi connectivity index (χ2v) is 5.48. The van der Waals surface area contributed by atoms with E-state index in [-0.39, 0.29) is 0 Å². The maximum absolute atomic E-state index is 11.5. The van der Waals surface area contributed by atoms with Crippen molar-refractivity contribution in [1.82, 2.24) is 0 Å². The lowest BCUT2D eigenvalue weighted by Crippen LogP contribution is -2.07. The molecule has 0 atom stereocenters. The van der Waals surface area contributed by atoms with Gasteiger partial charge in [-0.25, -0.2) is 9.59 Å². The summed E-state index contributed by atoms with van der Waals surface area (Å²) in [6, 6.07) is 8.58. The van der Waals surface area contributed by atoms with Crippen molar-refractivity contribution in [1.29, 1.82) is 0 Å². The van der Waals surface area contributed by atoms with E-state index in [1.807, 2.05) is 12.1 Å². The summed E-state index contributed by atoms with van der Waals surface area (Å²) in [5.41, 5.74) is 0.0756. The summed E-state index contributed by atoms with van der Waals surface area (Å²) >= 11 is 1.60. The topological polar surface area (TPSA) is 65.7 Å². The molecule has 0 spiro atoms. The van der Waals surface area contributed by atoms with Gasteiger partial charge in [0.2, 0.25) is 0 Å². The van der Waals surface area contributed by atoms with Crippen LogP contribution in [0.5, 0.6) is 5.75 Å². The zero-order chi connectivity index (χ0) is 15.8. The molecule has 0 amide bonds. The van der Waals surface area contributed by atoms with Crippen molar-refractivity contribution in [3.05, 3.63) is 53.4 Å². The number of carbonyl (C=O) groups excluding carboxylic acids is 1. The molecule has 0 saturated heterocycles. The molecule has 0 radical (unpaired) electrons. The number of esters is 1. The first-order valence-electron chi connectivity index (χ1n) is 6.73. The van der Waals surface area contributed by atoms with E-state index in [1.165, 1.54) is 6.07 Å². The molecule has 1 heterocycles. The van der Waals surface area contributed by atoms with E-state index in [1.54, 1.807) is 23.9 Å². The van der Waals surface area contributed by atoms with Crippen LogP contribution < -0.4 is 10.4 Å². The first kappa shape index (κ1) is 16.2. The predicted octanol–water partition coefficient (Wildman–Crippen LogP) is 2.63. The van der Waals surface area contributed by atoms with Crippen LogP contribution in [-0.2, 0) is 9.53 Å². The number of para-hydroxylation sites is 1. The van der Waals surface area contributed by atoms with Gasteiger partial charge in [0.25, 0.3) is 0 Å². The van der Waals surface area contributed by atoms with Crippen molar-refractivity contribution in [2.24, 2.45) is 0 Å². The van der Waals surface area contributed by atoms with Crippen molar-refractivity contribution >= 4 is 28.7 Å². The Hall–Kier alpha value is -2.21. The third kappa shape index (κ3) is 4.66. The van der Waals surface area contributed by atoms with Gasteiger partial charge in [-0.15, -0.1) is 0 Å². The Kier molecular flexibility index (Phi) is 6.09. The molecule has 0 unspecified atom stereocenters. The molecule has 0 aliphatic carbocycles. The van der Waals surface area contributed by atoms with Gasteiger partial charge in [-0.05, 0) is 12.1 Å². The lowest BCUT2D eigenvalue weighted by molar-refractivity contribution is -0.137. The number of hydrogen-bond acceptors (Lipinski definition) is 6. The average molecular weight is 320 g/mol. The minimum Gasteiger partial charge on any atom is -0.492 e. The van der Waals surface area contributed by atoms with Crippen LogP contribution in [0, 0.1) is 0 Å². The molecule has 1 aromatic heterocycles. The van der Waals surface area contributed by atoms with E-state index >= 15 is 0 Å². The van der Waals surface area contributed by atoms with Gasteiger partial charge in [-0.1, -0.05) is 18.7 Å². The van der Waals surface area contributed by atoms with Crippen LogP contribution in [0.1, 0.15) is 0 Å². The highest BCUT2D eigenvalue weighted by Crippen LogP contribution is 2.23. The van der Waals surface area contributed by atoms with Crippen molar-refractivity contribution in [2.75, 3.05) is 24.7 Å². The van der Waals surface area contributed by atoms with E-state index in [2.05, 4.69) is 6.58 Å². The van der Waals surface area contributed by atoms with Gasteiger partial charge in [0.15, 0.2) is 0 Å². The van der Waals surface area contributed by atoms with E-state index in [9.17, 15) is 9.59 Å². The molecule has 0 fully saturated rings. The Morgan fingerprint density at radius 1 is 1.27 bits per heavy atom. The highest BCUT2D eigenvalue weighted by atomic mass is 32.2. The molecule has 6 heteroatoms. The SMILES string of the molecule is C=CC(=O)OCCSCCOc1cc(=O)oc2ccccc12. The van der Waals surface area contributed by atoms with Crippen molar-refractivity contribution in [2.45, 2.75) is 0 Å². The maximum atomic E-state index is 11.5. The average Bonchev–Trinajstić information content (AvgIpc) is 2.53. The van der Waals surface area contributed by atoms with Crippen LogP contribution in [0.2, 0.25) is 0 Å². The Morgan fingerprint density at radius 3 is 2.86 bits per heavy atom. The third-order valence-electron chi connectivity index (χ3n) is 2.74. The number of ether oxygens (including phenoxy) is 2. The summed E-state index contributed by atoms with van der Waals surface area (Å²) < 4.78 is 15.6. The molecule has 0 saturated carbocycles. The molecule has 0 aliphatic heterocycles. The summed E-state index contributed by atoms with van der Waals surface area (Å²) in [6.45, 7) is 4.11. The Morgan fingerprint density at radius 2 is 2.05 bits per heavy atom. The van der Waals surface area contributed by atoms with E-state index in [0.29, 0.717) is 30.3 Å². The van der Waals surface area contributed by atoms with E-state index in [4.69, 9.17) is 13.9 Å². The molecule has 5 nitrogen and oxygen atoms in total. The van der Waals surface area contributed by atoms with Crippen LogP contribution in [0.15, 0.2) is 52.2 Å². The zero-order valence-corrected chi connectivity index (χ0v) is 12.8. The number of carbonyl (C=O) groups is 1. The predicted molar refractivity (Wildman–Crippen MR) is 86.5 cm³/mol. The number of benzene rings is 1. The summed E-state index contributed by atoms with van der Waals surface area (Å²) in [6.07, 6.45) is 1.14. The van der Waals surface area contributed by atoms with Gasteiger partial charge >= 0.3 is 11.6 Å². The fraction of sp³-hybridized carbons (Fsp3) is 0.250. The maximum Gasteiger partial charge on any atom is 0.339 e. The molecule has 0 aliphatic rings. The number of fused-ring (bicyclic) bond motifs is 1. The Balaban J connectivity index is 1.79. The fourth-order valence-electron chi connectivity index (χ4n) is 1.77. The second-order valence-electron chi connectivity index (χ2n) is 4.26. The van der Waals surface area contributed by atoms with Crippen molar-refractivity contribution in [3.63, 3.8) is 0 Å². The van der Waals surface area contributed by atoms with Crippen molar-refractivity contribution < 1.29 is 18.7 Å². The number of hydrogen-bond donors (Lipinski definition) is 0. The lowest BCUT2D eigenvalue weighted by atomic mass is 10.2. The van der Waals surface area contributed by atoms with Gasteiger partial charge in [-0.3, -0.25) is 0 Å². The standard InChI is InChI=1S/C16H16O5S/c1-2-15(17)20-8-10-22-9-7-19-14-11-16(18)21-13-6-4-3-5-12(13)14/h2-6,11H,1,7-10H2. The van der Waals surface area contributed by atoms with E-state index < -0.39 is 11.6 Å². The molecule has 0 bridgehead atoms. The molecule has 116 valence electrons. The molecule has 0 N–H and O–H groups in total. The minimum absolute atomic E-state index is 0.341. The summed E-state index contributed by atoms with van der Waals surface area (Å²) in [4.78, 5) is 22.3. The summed E-state index contributed by atoms with van der Waals surface area (Å²) in [7, 11) is 0. The second kappa shape index (κ2) is 8.29. The molecular weight excluding hydrogens is 304 g/mol. The van der Waals surface area contributed by atoms with E-state index in [0.717, 1.165) is 17.2 Å². The van der Waals surface area contributed by atoms with Gasteiger partial charge in [0.05, 0.1) is 18.1 Å². The van der Waals surface area contributed by atoms with Gasteiger partial charge in [0, 0.05) is 17.6 Å². The molecule has 1 aromatic carbocycles. The van der Waals surface area contributed by atoms with Crippen LogP contribution in [0.3, 0.4) is 0 Å². The quantitative estimate of drug-likeness (QED) is 0.322. The molecular formula is C16H16O5S. The van der Waals surface area contributed by atoms with Crippen LogP contribution in [0.25, 0.3) is 11.0 Å². The highest BCUT2D eigenvalue weighted by Gasteiger charge is 2.05. The lowest BCUT2D eigenvalue weighted by Gasteiger charge is -2.08. The summed E-state index contributed by atoms with van der Waals surface area (Å²) in [5.74, 6) is 1.51. The summed E-state index contributed by atoms with van der Waals surface area (Å²) in [5, 5.41) is 0.770. The minimum atomic E-state index is -0.433. The molecule has 2 rings (SSSR count). The van der Waals surface area contributed by atoms with Gasteiger partial charge in [-0.2, -0.15) is 11.8 Å². The smallest absolute Gasteiger partial charge is 0.339 e. The monoisotopic (exact) mass is 320 g/mol. The van der Waals surface area contributed by atoms with Crippen LogP contribution in [0.4, 0.5) is 0 Å². The van der Waals surface area contributed by atoms with Crippen LogP contribution in [-0.4, -0.2) is 30.7 Å². The largest absolute Gasteiger partial charge is 0.492 e. The third-order valence-corrected chi connectivity index (χ3v) is 3.65. The number of thioether (sulfide) groups is 1. The molecule has 22 heavy (non-hydrogen) atoms. The first-order valence-corrected chi connectivity index (χ1v) is 7.89. The Bertz CT molecular complexity index is 707. The fourth-order valence-corrected chi connectivity index (χ4v) is 2.38. The van der Waals surface area contributed by atoms with Gasteiger partial charge in [0.1, 0.15) is 17.9 Å². The zero-order valence-electron chi connectivity index (χ0n) is 11.9. The van der Waals surface area contributed by atoms with Crippen molar-refractivity contribution in [3.8, 4) is 5.75 Å². The normalized spacial score (nSPS) is 10.4. The first-order chi connectivity index (χ1) is 10.7. The molecule has 2 aromatic rings. The van der Waals surface area contributed by atoms with Gasteiger partial charge < -0.3 is 13.9 Å². The van der Waals surface area contributed by atoms with Crippen LogP contribution >= 0.6 is 11.8 Å². The highest BCUT2D eigenvalue weighted by molar-refractivity contribution is 7.99.